The number of nitrogens with zero attached hydrogens (tertiary/aromatic N) is 1. The van der Waals surface area contributed by atoms with E-state index in [4.69, 9.17) is 9.47 Å². The first-order valence-electron chi connectivity index (χ1n) is 6.48. The van der Waals surface area contributed by atoms with Crippen LogP contribution >= 0.6 is 0 Å². The van der Waals surface area contributed by atoms with Gasteiger partial charge >= 0.3 is 0 Å². The summed E-state index contributed by atoms with van der Waals surface area (Å²) in [4.78, 5) is 13.8. The van der Waals surface area contributed by atoms with Crippen molar-refractivity contribution in [1.82, 2.24) is 10.2 Å². The Morgan fingerprint density at radius 1 is 1.47 bits per heavy atom. The number of hydrogen-bond acceptors (Lipinski definition) is 4. The maximum Gasteiger partial charge on any atom is 0.248 e. The number of rotatable bonds is 2. The molecule has 0 aromatic carbocycles. The standard InChI is InChI=1S/C12H20N2O3/c15-11-6-17-12(7-13-3-4-16-9-12)8-14(11)5-10-1-2-10/h10,13H,1-9H2/t12-/m0/s1. The van der Waals surface area contributed by atoms with E-state index >= 15 is 0 Å². The van der Waals surface area contributed by atoms with Gasteiger partial charge in [-0.25, -0.2) is 0 Å². The lowest BCUT2D eigenvalue weighted by Crippen LogP contribution is -2.60. The molecule has 2 aliphatic heterocycles. The van der Waals surface area contributed by atoms with E-state index in [1.165, 1.54) is 12.8 Å². The molecule has 0 aromatic heterocycles. The molecule has 1 atom stereocenters. The van der Waals surface area contributed by atoms with Crippen molar-refractivity contribution in [2.24, 2.45) is 5.92 Å². The fraction of sp³-hybridized carbons (Fsp3) is 0.917. The number of carbonyl (C=O) groups excluding carboxylic acids is 1. The lowest BCUT2D eigenvalue weighted by molar-refractivity contribution is -0.170. The summed E-state index contributed by atoms with van der Waals surface area (Å²) in [5.41, 5.74) is -0.320. The lowest BCUT2D eigenvalue weighted by atomic mass is 10.0. The van der Waals surface area contributed by atoms with Gasteiger partial charge in [-0.05, 0) is 18.8 Å². The van der Waals surface area contributed by atoms with E-state index in [1.54, 1.807) is 0 Å². The van der Waals surface area contributed by atoms with Crippen LogP contribution in [0.15, 0.2) is 0 Å². The summed E-state index contributed by atoms with van der Waals surface area (Å²) in [7, 11) is 0. The van der Waals surface area contributed by atoms with Crippen molar-refractivity contribution in [1.29, 1.82) is 0 Å². The van der Waals surface area contributed by atoms with E-state index in [1.807, 2.05) is 4.90 Å². The summed E-state index contributed by atoms with van der Waals surface area (Å²) in [6.07, 6.45) is 2.54. The van der Waals surface area contributed by atoms with Crippen molar-refractivity contribution in [3.8, 4) is 0 Å². The molecule has 3 aliphatic rings. The Bertz CT molecular complexity index is 296. The van der Waals surface area contributed by atoms with Gasteiger partial charge in [-0.1, -0.05) is 0 Å². The third-order valence-corrected chi connectivity index (χ3v) is 3.74. The Balaban J connectivity index is 1.66. The summed E-state index contributed by atoms with van der Waals surface area (Å²) in [5.74, 6) is 0.862. The molecule has 5 heteroatoms. The van der Waals surface area contributed by atoms with E-state index in [0.29, 0.717) is 13.2 Å². The number of carbonyl (C=O) groups is 1. The van der Waals surface area contributed by atoms with Crippen LogP contribution < -0.4 is 5.32 Å². The summed E-state index contributed by atoms with van der Waals surface area (Å²) < 4.78 is 11.3. The minimum absolute atomic E-state index is 0.131. The van der Waals surface area contributed by atoms with Gasteiger partial charge in [0.05, 0.1) is 19.8 Å². The predicted octanol–water partition coefficient (Wildman–Crippen LogP) is -0.386. The molecule has 17 heavy (non-hydrogen) atoms. The summed E-state index contributed by atoms with van der Waals surface area (Å²) in [6, 6.07) is 0. The van der Waals surface area contributed by atoms with Gasteiger partial charge in [0.15, 0.2) is 0 Å². The molecule has 1 aliphatic carbocycles. The average molecular weight is 240 g/mol. The molecule has 1 amide bonds. The summed E-state index contributed by atoms with van der Waals surface area (Å²) in [5, 5.41) is 3.32. The maximum absolute atomic E-state index is 11.8. The zero-order valence-corrected chi connectivity index (χ0v) is 10.1. The zero-order chi connectivity index (χ0) is 11.7. The first-order valence-corrected chi connectivity index (χ1v) is 6.48. The van der Waals surface area contributed by atoms with Crippen LogP contribution in [-0.4, -0.2) is 62.4 Å². The monoisotopic (exact) mass is 240 g/mol. The van der Waals surface area contributed by atoms with Crippen molar-refractivity contribution in [3.05, 3.63) is 0 Å². The van der Waals surface area contributed by atoms with Crippen LogP contribution in [-0.2, 0) is 14.3 Å². The smallest absolute Gasteiger partial charge is 0.248 e. The highest BCUT2D eigenvalue weighted by Gasteiger charge is 2.42. The molecular weight excluding hydrogens is 220 g/mol. The molecule has 0 aromatic rings. The zero-order valence-electron chi connectivity index (χ0n) is 10.1. The van der Waals surface area contributed by atoms with Gasteiger partial charge in [0.2, 0.25) is 5.91 Å². The number of hydrogen-bond donors (Lipinski definition) is 1. The molecule has 96 valence electrons. The fourth-order valence-electron chi connectivity index (χ4n) is 2.53. The van der Waals surface area contributed by atoms with Gasteiger partial charge in [0.25, 0.3) is 0 Å². The van der Waals surface area contributed by atoms with Crippen LogP contribution in [0.25, 0.3) is 0 Å². The molecular formula is C12H20N2O3. The Labute approximate surface area is 101 Å². The molecule has 5 nitrogen and oxygen atoms in total. The molecule has 3 rings (SSSR count). The van der Waals surface area contributed by atoms with Crippen molar-refractivity contribution in [2.45, 2.75) is 18.4 Å². The van der Waals surface area contributed by atoms with Gasteiger partial charge in [-0.2, -0.15) is 0 Å². The minimum atomic E-state index is -0.320. The first-order chi connectivity index (χ1) is 8.27. The molecule has 2 heterocycles. The highest BCUT2D eigenvalue weighted by Crippen LogP contribution is 2.31. The van der Waals surface area contributed by atoms with Crippen LogP contribution in [0.3, 0.4) is 0 Å². The Morgan fingerprint density at radius 3 is 3.18 bits per heavy atom. The molecule has 3 fully saturated rings. The molecule has 1 spiro atoms. The topological polar surface area (TPSA) is 50.8 Å². The SMILES string of the molecule is O=C1CO[C@@]2(CNCCOC2)CN1CC1CC1. The summed E-state index contributed by atoms with van der Waals surface area (Å²) >= 11 is 0. The largest absolute Gasteiger partial charge is 0.377 e. The van der Waals surface area contributed by atoms with E-state index in [2.05, 4.69) is 5.32 Å². The van der Waals surface area contributed by atoms with Crippen LogP contribution in [0.4, 0.5) is 0 Å². The van der Waals surface area contributed by atoms with E-state index in [9.17, 15) is 4.79 Å². The van der Waals surface area contributed by atoms with Gasteiger partial charge in [-0.3, -0.25) is 4.79 Å². The molecule has 0 radical (unpaired) electrons. The highest BCUT2D eigenvalue weighted by atomic mass is 16.5. The molecule has 0 bridgehead atoms. The van der Waals surface area contributed by atoms with Crippen molar-refractivity contribution >= 4 is 5.91 Å². The van der Waals surface area contributed by atoms with Crippen LogP contribution in [0.2, 0.25) is 0 Å². The number of nitrogens with one attached hydrogen (secondary N) is 1. The highest BCUT2D eigenvalue weighted by molar-refractivity contribution is 5.78. The first kappa shape index (κ1) is 11.4. The second kappa shape index (κ2) is 4.55. The fourth-order valence-corrected chi connectivity index (χ4v) is 2.53. The Hall–Kier alpha value is -0.650. The number of amides is 1. The maximum atomic E-state index is 11.8. The Kier molecular flexibility index (Phi) is 3.06. The van der Waals surface area contributed by atoms with Crippen molar-refractivity contribution in [2.75, 3.05) is 46.0 Å². The lowest BCUT2D eigenvalue weighted by Gasteiger charge is -2.41. The van der Waals surface area contributed by atoms with Crippen molar-refractivity contribution < 1.29 is 14.3 Å². The minimum Gasteiger partial charge on any atom is -0.377 e. The van der Waals surface area contributed by atoms with Crippen molar-refractivity contribution in [3.63, 3.8) is 0 Å². The normalized spacial score (nSPS) is 35.1. The van der Waals surface area contributed by atoms with E-state index in [-0.39, 0.29) is 18.1 Å². The number of morpholine rings is 1. The predicted molar refractivity (Wildman–Crippen MR) is 61.7 cm³/mol. The third-order valence-electron chi connectivity index (χ3n) is 3.74. The van der Waals surface area contributed by atoms with Gasteiger partial charge in [0.1, 0.15) is 12.2 Å². The second-order valence-corrected chi connectivity index (χ2v) is 5.42. The third kappa shape index (κ3) is 2.61. The quantitative estimate of drug-likeness (QED) is 0.714. The van der Waals surface area contributed by atoms with E-state index < -0.39 is 0 Å². The number of ether oxygens (including phenoxy) is 2. The second-order valence-electron chi connectivity index (χ2n) is 5.42. The molecule has 0 unspecified atom stereocenters. The van der Waals surface area contributed by atoms with Crippen LogP contribution in [0.1, 0.15) is 12.8 Å². The van der Waals surface area contributed by atoms with Gasteiger partial charge in [-0.15, -0.1) is 0 Å². The molecule has 1 N–H and O–H groups in total. The van der Waals surface area contributed by atoms with E-state index in [0.717, 1.165) is 32.2 Å². The van der Waals surface area contributed by atoms with Gasteiger partial charge in [0, 0.05) is 19.6 Å². The molecule has 1 saturated carbocycles. The van der Waals surface area contributed by atoms with Gasteiger partial charge < -0.3 is 19.7 Å². The molecule has 2 saturated heterocycles. The Morgan fingerprint density at radius 2 is 2.35 bits per heavy atom. The van der Waals surface area contributed by atoms with Crippen LogP contribution in [0, 0.1) is 5.92 Å². The average Bonchev–Trinajstić information content (AvgIpc) is 3.13. The summed E-state index contributed by atoms with van der Waals surface area (Å²) in [6.45, 7) is 4.75. The van der Waals surface area contributed by atoms with Crippen LogP contribution in [0.5, 0.6) is 0 Å².